The van der Waals surface area contributed by atoms with Crippen molar-refractivity contribution in [2.24, 2.45) is 0 Å². The van der Waals surface area contributed by atoms with Crippen molar-refractivity contribution in [2.45, 2.75) is 33.0 Å². The third-order valence-corrected chi connectivity index (χ3v) is 4.49. The van der Waals surface area contributed by atoms with Crippen LogP contribution in [0.15, 0.2) is 60.7 Å². The Morgan fingerprint density at radius 2 is 1.60 bits per heavy atom. The van der Waals surface area contributed by atoms with Crippen LogP contribution in [0.1, 0.15) is 11.1 Å². The van der Waals surface area contributed by atoms with E-state index in [9.17, 15) is 0 Å². The quantitative estimate of drug-likeness (QED) is 0.374. The molecule has 3 rings (SSSR count). The zero-order chi connectivity index (χ0) is 16.0. The molecule has 0 aliphatic rings. The molecule has 0 saturated carbocycles. The predicted octanol–water partition coefficient (Wildman–Crippen LogP) is -0.328. The molecule has 0 atom stereocenters. The number of aryl methyl sites for hydroxylation is 1. The summed E-state index contributed by atoms with van der Waals surface area (Å²) in [6.07, 6.45) is 1.05. The minimum absolute atomic E-state index is 0. The Hall–Kier alpha value is -0.180. The molecule has 25 heavy (non-hydrogen) atoms. The summed E-state index contributed by atoms with van der Waals surface area (Å²) >= 11 is 0. The maximum atomic E-state index is 5.74. The first kappa shape index (κ1) is 27.0. The van der Waals surface area contributed by atoms with Gasteiger partial charge in [0.05, 0.1) is 0 Å². The Morgan fingerprint density at radius 1 is 1.00 bits per heavy atom. The topological polar surface area (TPSA) is 9.23 Å². The third-order valence-electron chi connectivity index (χ3n) is 3.42. The van der Waals surface area contributed by atoms with E-state index < -0.39 is 8.32 Å². The molecule has 0 aliphatic heterocycles. The van der Waals surface area contributed by atoms with Gasteiger partial charge in [0, 0.05) is 6.61 Å². The fourth-order valence-electron chi connectivity index (χ4n) is 2.36. The molecule has 0 N–H and O–H groups in total. The van der Waals surface area contributed by atoms with Gasteiger partial charge in [-0.2, -0.15) is 23.8 Å². The van der Waals surface area contributed by atoms with Gasteiger partial charge in [-0.25, -0.2) is 12.1 Å². The largest absolute Gasteiger partial charge is 4.00 e. The monoisotopic (exact) mass is 470 g/mol. The van der Waals surface area contributed by atoms with Crippen molar-refractivity contribution in [1.82, 2.24) is 0 Å². The van der Waals surface area contributed by atoms with E-state index >= 15 is 0 Å². The molecule has 0 unspecified atom stereocenters. The number of fused-ring (bicyclic) bond motifs is 1. The van der Waals surface area contributed by atoms with Gasteiger partial charge in [0.25, 0.3) is 0 Å². The van der Waals surface area contributed by atoms with E-state index in [0.717, 1.165) is 13.0 Å². The minimum atomic E-state index is -1.29. The average Bonchev–Trinajstić information content (AvgIpc) is 3.05. The van der Waals surface area contributed by atoms with Crippen LogP contribution in [0.25, 0.3) is 10.8 Å². The standard InChI is InChI=1S/C10H17OSi.C10H9.2ClH.Zr/c1-12(2,3)11-9-8-10-6-4-5-7-10;1-8-6-9-4-2-3-5-10(9)7-8;;;/h4-7H,8-9H2,1-3H3;2-7H,1H3;2*1H;/q2*-1;;;+4/p-2. The Morgan fingerprint density at radius 3 is 2.16 bits per heavy atom. The van der Waals surface area contributed by atoms with Gasteiger partial charge < -0.3 is 29.2 Å². The van der Waals surface area contributed by atoms with E-state index in [2.05, 4.69) is 87.2 Å². The van der Waals surface area contributed by atoms with Crippen molar-refractivity contribution in [3.63, 3.8) is 0 Å². The summed E-state index contributed by atoms with van der Waals surface area (Å²) in [5, 5.41) is 2.69. The van der Waals surface area contributed by atoms with E-state index in [1.54, 1.807) is 0 Å². The normalized spacial score (nSPS) is 9.92. The van der Waals surface area contributed by atoms with Crippen molar-refractivity contribution >= 4 is 19.1 Å². The van der Waals surface area contributed by atoms with Gasteiger partial charge >= 0.3 is 26.2 Å². The molecule has 0 amide bonds. The molecule has 0 spiro atoms. The van der Waals surface area contributed by atoms with Crippen molar-refractivity contribution < 1.29 is 55.4 Å². The molecule has 1 nitrogen and oxygen atoms in total. The molecule has 134 valence electrons. The van der Waals surface area contributed by atoms with E-state index in [4.69, 9.17) is 4.43 Å². The fraction of sp³-hybridized carbons (Fsp3) is 0.300. The Balaban J connectivity index is 0. The van der Waals surface area contributed by atoms with Crippen LogP contribution < -0.4 is 24.8 Å². The minimum Gasteiger partial charge on any atom is -1.00 e. The van der Waals surface area contributed by atoms with Crippen LogP contribution in [0.2, 0.25) is 19.6 Å². The summed E-state index contributed by atoms with van der Waals surface area (Å²) in [5.41, 5.74) is 2.73. The van der Waals surface area contributed by atoms with E-state index in [0.29, 0.717) is 0 Å². The molecule has 5 heteroatoms. The van der Waals surface area contributed by atoms with Gasteiger partial charge in [-0.3, -0.25) is 0 Å². The maximum absolute atomic E-state index is 5.74. The zero-order valence-electron chi connectivity index (χ0n) is 15.4. The second-order valence-corrected chi connectivity index (χ2v) is 11.2. The SMILES string of the molecule is C[Si](C)(C)OCC[c-]1cccc1.Cc1cc2ccccc2[cH-]1.[Cl-].[Cl-].[Zr+4]. The Bertz CT molecular complexity index is 654. The van der Waals surface area contributed by atoms with Gasteiger partial charge in [-0.15, -0.1) is 40.6 Å². The number of benzene rings is 1. The zero-order valence-corrected chi connectivity index (χ0v) is 20.3. The van der Waals surface area contributed by atoms with Gasteiger partial charge in [0.1, 0.15) is 0 Å². The molecule has 0 saturated heterocycles. The van der Waals surface area contributed by atoms with Crippen LogP contribution in [0.5, 0.6) is 0 Å². The van der Waals surface area contributed by atoms with Crippen LogP contribution in [0, 0.1) is 6.92 Å². The number of halogens is 2. The van der Waals surface area contributed by atoms with E-state index in [1.165, 1.54) is 21.9 Å². The summed E-state index contributed by atoms with van der Waals surface area (Å²) in [4.78, 5) is 0. The fourth-order valence-corrected chi connectivity index (χ4v) is 3.08. The number of hydrogen-bond acceptors (Lipinski definition) is 1. The number of hydrogen-bond donors (Lipinski definition) is 0. The maximum Gasteiger partial charge on any atom is 4.00 e. The first-order chi connectivity index (χ1) is 10.4. The van der Waals surface area contributed by atoms with Gasteiger partial charge in [-0.05, 0) is 19.6 Å². The molecule has 0 aliphatic carbocycles. The molecule has 0 heterocycles. The average molecular weight is 473 g/mol. The first-order valence-corrected chi connectivity index (χ1v) is 11.3. The van der Waals surface area contributed by atoms with Crippen molar-refractivity contribution in [1.29, 1.82) is 0 Å². The van der Waals surface area contributed by atoms with Crippen molar-refractivity contribution in [2.75, 3.05) is 6.61 Å². The summed E-state index contributed by atoms with van der Waals surface area (Å²) in [6.45, 7) is 9.66. The molecule has 0 radical (unpaired) electrons. The second kappa shape index (κ2) is 13.1. The molecular weight excluding hydrogens is 446 g/mol. The first-order valence-electron chi connectivity index (χ1n) is 7.91. The third kappa shape index (κ3) is 10.5. The summed E-state index contributed by atoms with van der Waals surface area (Å²) < 4.78 is 5.74. The molecule has 3 aromatic carbocycles. The smallest absolute Gasteiger partial charge is 1.00 e. The molecular formula is C20H26Cl2OSiZr. The second-order valence-electron chi connectivity index (χ2n) is 6.67. The van der Waals surface area contributed by atoms with Crippen LogP contribution in [-0.4, -0.2) is 14.9 Å². The van der Waals surface area contributed by atoms with Crippen LogP contribution in [0.3, 0.4) is 0 Å². The van der Waals surface area contributed by atoms with Crippen molar-refractivity contribution in [3.8, 4) is 0 Å². The molecule has 0 aromatic heterocycles. The van der Waals surface area contributed by atoms with E-state index in [-0.39, 0.29) is 51.0 Å². The molecule has 0 fully saturated rings. The molecule has 3 aromatic rings. The number of rotatable bonds is 4. The van der Waals surface area contributed by atoms with Crippen LogP contribution >= 0.6 is 0 Å². The van der Waals surface area contributed by atoms with Gasteiger partial charge in [0.2, 0.25) is 0 Å². The van der Waals surface area contributed by atoms with E-state index in [1.807, 2.05) is 0 Å². The Labute approximate surface area is 185 Å². The Kier molecular flexibility index (Phi) is 14.1. The summed E-state index contributed by atoms with van der Waals surface area (Å²) in [6, 6.07) is 21.3. The van der Waals surface area contributed by atoms with Gasteiger partial charge in [-0.1, -0.05) is 19.4 Å². The van der Waals surface area contributed by atoms with Crippen molar-refractivity contribution in [3.05, 3.63) is 71.8 Å². The van der Waals surface area contributed by atoms with Crippen LogP contribution in [-0.2, 0) is 37.1 Å². The summed E-state index contributed by atoms with van der Waals surface area (Å²) in [7, 11) is -1.29. The summed E-state index contributed by atoms with van der Waals surface area (Å²) in [5.74, 6) is 0. The molecule has 0 bridgehead atoms. The van der Waals surface area contributed by atoms with Crippen LogP contribution in [0.4, 0.5) is 0 Å². The predicted molar refractivity (Wildman–Crippen MR) is 99.3 cm³/mol. The van der Waals surface area contributed by atoms with Gasteiger partial charge in [0.15, 0.2) is 8.32 Å².